The van der Waals surface area contributed by atoms with E-state index in [1.807, 2.05) is 24.3 Å². The van der Waals surface area contributed by atoms with E-state index in [4.69, 9.17) is 0 Å². The molecule has 21 heavy (non-hydrogen) atoms. The summed E-state index contributed by atoms with van der Waals surface area (Å²) in [5, 5.41) is 10.2. The van der Waals surface area contributed by atoms with E-state index in [1.54, 1.807) is 11.6 Å². The van der Waals surface area contributed by atoms with Gasteiger partial charge in [-0.25, -0.2) is 4.98 Å². The zero-order valence-corrected chi connectivity index (χ0v) is 12.3. The van der Waals surface area contributed by atoms with Crippen LogP contribution < -0.4 is 5.56 Å². The molecule has 1 atom stereocenters. The van der Waals surface area contributed by atoms with Gasteiger partial charge in [-0.15, -0.1) is 0 Å². The first kappa shape index (κ1) is 14.2. The van der Waals surface area contributed by atoms with E-state index >= 15 is 0 Å². The summed E-state index contributed by atoms with van der Waals surface area (Å²) in [4.78, 5) is 19.3. The molecule has 1 aliphatic rings. The third-order valence-electron chi connectivity index (χ3n) is 4.38. The second kappa shape index (κ2) is 5.95. The van der Waals surface area contributed by atoms with Gasteiger partial charge in [-0.1, -0.05) is 18.6 Å². The fourth-order valence-corrected chi connectivity index (χ4v) is 3.06. The zero-order valence-electron chi connectivity index (χ0n) is 12.3. The SMILES string of the molecule is Cn1c(CN2CCCCC2CO)nc2ccccc2c1=O. The number of nitrogens with zero attached hydrogens (tertiary/aromatic N) is 3. The molecular formula is C16H21N3O2. The molecule has 2 heterocycles. The standard InChI is InChI=1S/C16H21N3O2/c1-18-15(10-19-9-5-4-6-12(19)11-20)17-14-8-3-2-7-13(14)16(18)21/h2-3,7-8,12,20H,4-6,9-11H2,1H3. The minimum absolute atomic E-state index is 0.00634. The summed E-state index contributed by atoms with van der Waals surface area (Å²) in [6.45, 7) is 1.73. The Morgan fingerprint density at radius 2 is 2.14 bits per heavy atom. The molecule has 0 bridgehead atoms. The van der Waals surface area contributed by atoms with Crippen molar-refractivity contribution >= 4 is 10.9 Å². The van der Waals surface area contributed by atoms with Crippen molar-refractivity contribution in [2.24, 2.45) is 7.05 Å². The number of likely N-dealkylation sites (tertiary alicyclic amines) is 1. The van der Waals surface area contributed by atoms with Crippen LogP contribution in [0.25, 0.3) is 10.9 Å². The predicted molar refractivity (Wildman–Crippen MR) is 82.1 cm³/mol. The summed E-state index contributed by atoms with van der Waals surface area (Å²) in [5.74, 6) is 0.763. The van der Waals surface area contributed by atoms with E-state index in [0.717, 1.165) is 37.1 Å². The molecule has 0 aliphatic carbocycles. The Hall–Kier alpha value is -1.72. The fourth-order valence-electron chi connectivity index (χ4n) is 3.06. The lowest BCUT2D eigenvalue weighted by Gasteiger charge is -2.34. The smallest absolute Gasteiger partial charge is 0.261 e. The minimum atomic E-state index is -0.00634. The van der Waals surface area contributed by atoms with Crippen molar-refractivity contribution in [3.05, 3.63) is 40.4 Å². The van der Waals surface area contributed by atoms with Crippen molar-refractivity contribution in [2.45, 2.75) is 31.8 Å². The lowest BCUT2D eigenvalue weighted by molar-refractivity contribution is 0.0809. The molecule has 112 valence electrons. The van der Waals surface area contributed by atoms with E-state index < -0.39 is 0 Å². The average molecular weight is 287 g/mol. The molecule has 0 spiro atoms. The van der Waals surface area contributed by atoms with Crippen molar-refractivity contribution in [3.8, 4) is 0 Å². The Labute approximate surface area is 123 Å². The quantitative estimate of drug-likeness (QED) is 0.924. The average Bonchev–Trinajstić information content (AvgIpc) is 2.53. The number of benzene rings is 1. The van der Waals surface area contributed by atoms with Gasteiger partial charge in [0.2, 0.25) is 0 Å². The van der Waals surface area contributed by atoms with Crippen molar-refractivity contribution in [1.29, 1.82) is 0 Å². The number of fused-ring (bicyclic) bond motifs is 1. The molecule has 2 aromatic rings. The van der Waals surface area contributed by atoms with Crippen LogP contribution in [-0.2, 0) is 13.6 Å². The van der Waals surface area contributed by atoms with Gasteiger partial charge in [-0.05, 0) is 31.5 Å². The number of hydrogen-bond donors (Lipinski definition) is 1. The highest BCUT2D eigenvalue weighted by atomic mass is 16.3. The number of hydrogen-bond acceptors (Lipinski definition) is 4. The van der Waals surface area contributed by atoms with Crippen molar-refractivity contribution in [3.63, 3.8) is 0 Å². The van der Waals surface area contributed by atoms with Crippen LogP contribution in [0.4, 0.5) is 0 Å². The van der Waals surface area contributed by atoms with Crippen LogP contribution in [-0.4, -0.2) is 38.8 Å². The second-order valence-corrected chi connectivity index (χ2v) is 5.71. The molecule has 0 saturated carbocycles. The molecule has 1 fully saturated rings. The number of piperidine rings is 1. The van der Waals surface area contributed by atoms with Gasteiger partial charge < -0.3 is 5.11 Å². The van der Waals surface area contributed by atoms with Gasteiger partial charge in [-0.3, -0.25) is 14.3 Å². The molecule has 5 nitrogen and oxygen atoms in total. The first-order valence-electron chi connectivity index (χ1n) is 7.50. The van der Waals surface area contributed by atoms with E-state index in [2.05, 4.69) is 9.88 Å². The summed E-state index contributed by atoms with van der Waals surface area (Å²) in [5.41, 5.74) is 0.737. The van der Waals surface area contributed by atoms with Gasteiger partial charge in [0.1, 0.15) is 5.82 Å². The van der Waals surface area contributed by atoms with Crippen molar-refractivity contribution in [1.82, 2.24) is 14.5 Å². The lowest BCUT2D eigenvalue weighted by atomic mass is 10.0. The van der Waals surface area contributed by atoms with Crippen LogP contribution in [0.3, 0.4) is 0 Å². The maximum absolute atomic E-state index is 12.4. The van der Waals surface area contributed by atoms with Gasteiger partial charge in [-0.2, -0.15) is 0 Å². The van der Waals surface area contributed by atoms with E-state index in [9.17, 15) is 9.90 Å². The minimum Gasteiger partial charge on any atom is -0.395 e. The first-order chi connectivity index (χ1) is 10.2. The molecule has 0 radical (unpaired) electrons. The second-order valence-electron chi connectivity index (χ2n) is 5.71. The topological polar surface area (TPSA) is 58.4 Å². The van der Waals surface area contributed by atoms with Gasteiger partial charge >= 0.3 is 0 Å². The molecule has 5 heteroatoms. The highest BCUT2D eigenvalue weighted by Gasteiger charge is 2.23. The molecule has 1 aliphatic heterocycles. The van der Waals surface area contributed by atoms with E-state index in [-0.39, 0.29) is 18.2 Å². The van der Waals surface area contributed by atoms with Crippen LogP contribution in [0.5, 0.6) is 0 Å². The number of para-hydroxylation sites is 1. The number of aliphatic hydroxyl groups is 1. The highest BCUT2D eigenvalue weighted by molar-refractivity contribution is 5.77. The molecule has 3 rings (SSSR count). The van der Waals surface area contributed by atoms with Crippen LogP contribution in [0.15, 0.2) is 29.1 Å². The highest BCUT2D eigenvalue weighted by Crippen LogP contribution is 2.19. The predicted octanol–water partition coefficient (Wildman–Crippen LogP) is 1.28. The lowest BCUT2D eigenvalue weighted by Crippen LogP contribution is -2.42. The maximum Gasteiger partial charge on any atom is 0.261 e. The fraction of sp³-hybridized carbons (Fsp3) is 0.500. The van der Waals surface area contributed by atoms with Gasteiger partial charge in [0.05, 0.1) is 24.1 Å². The van der Waals surface area contributed by atoms with Crippen LogP contribution in [0.2, 0.25) is 0 Å². The van der Waals surface area contributed by atoms with Crippen LogP contribution in [0, 0.1) is 0 Å². The molecule has 1 N–H and O–H groups in total. The Balaban J connectivity index is 1.96. The first-order valence-corrected chi connectivity index (χ1v) is 7.50. The summed E-state index contributed by atoms with van der Waals surface area (Å²) >= 11 is 0. The zero-order chi connectivity index (χ0) is 14.8. The molecular weight excluding hydrogens is 266 g/mol. The maximum atomic E-state index is 12.4. The molecule has 1 aromatic heterocycles. The number of aliphatic hydroxyl groups excluding tert-OH is 1. The Kier molecular flexibility index (Phi) is 4.03. The van der Waals surface area contributed by atoms with Crippen LogP contribution >= 0.6 is 0 Å². The Morgan fingerprint density at radius 3 is 2.95 bits per heavy atom. The molecule has 1 unspecified atom stereocenters. The number of rotatable bonds is 3. The summed E-state index contributed by atoms with van der Waals surface area (Å²) in [7, 11) is 1.77. The van der Waals surface area contributed by atoms with E-state index in [1.165, 1.54) is 0 Å². The third kappa shape index (κ3) is 2.71. The summed E-state index contributed by atoms with van der Waals surface area (Å²) in [6.07, 6.45) is 3.31. The Morgan fingerprint density at radius 1 is 1.33 bits per heavy atom. The molecule has 0 amide bonds. The van der Waals surface area contributed by atoms with Gasteiger partial charge in [0, 0.05) is 13.1 Å². The third-order valence-corrected chi connectivity index (χ3v) is 4.38. The molecule has 1 aromatic carbocycles. The monoisotopic (exact) mass is 287 g/mol. The van der Waals surface area contributed by atoms with Gasteiger partial charge in [0.25, 0.3) is 5.56 Å². The summed E-state index contributed by atoms with van der Waals surface area (Å²) < 4.78 is 1.63. The van der Waals surface area contributed by atoms with Crippen molar-refractivity contribution in [2.75, 3.05) is 13.2 Å². The largest absolute Gasteiger partial charge is 0.395 e. The van der Waals surface area contributed by atoms with Crippen molar-refractivity contribution < 1.29 is 5.11 Å². The van der Waals surface area contributed by atoms with Crippen LogP contribution in [0.1, 0.15) is 25.1 Å². The number of aromatic nitrogens is 2. The van der Waals surface area contributed by atoms with Gasteiger partial charge in [0.15, 0.2) is 0 Å². The Bertz CT molecular complexity index is 695. The molecule has 1 saturated heterocycles. The normalized spacial score (nSPS) is 20.0. The summed E-state index contributed by atoms with van der Waals surface area (Å²) in [6, 6.07) is 7.63. The van der Waals surface area contributed by atoms with E-state index in [0.29, 0.717) is 11.9 Å².